The van der Waals surface area contributed by atoms with Gasteiger partial charge in [0.15, 0.2) is 0 Å². The molecular formula is C23H28ClN7O2. The van der Waals surface area contributed by atoms with Crippen molar-refractivity contribution in [1.82, 2.24) is 24.6 Å². The van der Waals surface area contributed by atoms with E-state index in [-0.39, 0.29) is 6.04 Å². The van der Waals surface area contributed by atoms with Gasteiger partial charge < -0.3 is 20.1 Å². The Morgan fingerprint density at radius 1 is 1.12 bits per heavy atom. The highest BCUT2D eigenvalue weighted by Crippen LogP contribution is 2.37. The number of aliphatic hydroxyl groups excluding tert-OH is 1. The van der Waals surface area contributed by atoms with Gasteiger partial charge in [0.25, 0.3) is 0 Å². The van der Waals surface area contributed by atoms with Gasteiger partial charge in [0, 0.05) is 37.8 Å². The quantitative estimate of drug-likeness (QED) is 0.589. The first-order chi connectivity index (χ1) is 16.1. The van der Waals surface area contributed by atoms with Crippen molar-refractivity contribution in [2.24, 2.45) is 0 Å². The van der Waals surface area contributed by atoms with Crippen molar-refractivity contribution in [3.63, 3.8) is 0 Å². The first kappa shape index (κ1) is 21.1. The Labute approximate surface area is 197 Å². The van der Waals surface area contributed by atoms with Crippen LogP contribution in [-0.2, 0) is 4.74 Å². The number of hydrogen-bond donors (Lipinski definition) is 2. The maximum absolute atomic E-state index is 10.1. The topological polar surface area (TPSA) is 91.6 Å². The first-order valence-electron chi connectivity index (χ1n) is 11.6. The van der Waals surface area contributed by atoms with E-state index in [1.54, 1.807) is 6.20 Å². The Kier molecular flexibility index (Phi) is 5.37. The Morgan fingerprint density at radius 2 is 1.94 bits per heavy atom. The van der Waals surface area contributed by atoms with E-state index < -0.39 is 6.10 Å². The van der Waals surface area contributed by atoms with Gasteiger partial charge in [-0.3, -0.25) is 9.58 Å². The molecule has 0 unspecified atom stereocenters. The second-order valence-corrected chi connectivity index (χ2v) is 9.60. The van der Waals surface area contributed by atoms with Crippen LogP contribution in [0.15, 0.2) is 24.5 Å². The summed E-state index contributed by atoms with van der Waals surface area (Å²) in [5, 5.41) is 19.6. The third kappa shape index (κ3) is 4.03. The summed E-state index contributed by atoms with van der Waals surface area (Å²) >= 11 is 6.65. The molecule has 2 N–H and O–H groups in total. The van der Waals surface area contributed by atoms with E-state index in [2.05, 4.69) is 36.8 Å². The summed E-state index contributed by atoms with van der Waals surface area (Å²) in [4.78, 5) is 13.9. The molecule has 0 amide bonds. The molecule has 9 nitrogen and oxygen atoms in total. The summed E-state index contributed by atoms with van der Waals surface area (Å²) in [5.74, 6) is 0.550. The molecule has 2 aliphatic heterocycles. The summed E-state index contributed by atoms with van der Waals surface area (Å²) in [6.07, 6.45) is 5.65. The van der Waals surface area contributed by atoms with Crippen LogP contribution in [0.3, 0.4) is 0 Å². The molecule has 2 aromatic heterocycles. The number of aliphatic hydroxyl groups is 1. The molecule has 3 aliphatic rings. The molecule has 3 aromatic rings. The normalized spacial score (nSPS) is 24.0. The van der Waals surface area contributed by atoms with Crippen molar-refractivity contribution in [2.75, 3.05) is 49.6 Å². The standard InChI is InChI=1S/C23H28ClN7O2/c1-14-19(11-26-31(14)16-2-3-16)28-23-25-10-15-8-17(24)20(9-18(15)27-23)29-4-6-30(7-5-29)21-12-33-13-22(21)32/h8-11,16,21-22,32H,2-7,12-13H2,1H3,(H,25,27,28)/t21-,22+/m0/s1. The summed E-state index contributed by atoms with van der Waals surface area (Å²) in [6, 6.07) is 4.61. The smallest absolute Gasteiger partial charge is 0.227 e. The minimum Gasteiger partial charge on any atom is -0.389 e. The summed E-state index contributed by atoms with van der Waals surface area (Å²) in [7, 11) is 0. The van der Waals surface area contributed by atoms with Gasteiger partial charge in [-0.15, -0.1) is 0 Å². The molecular weight excluding hydrogens is 442 g/mol. The van der Waals surface area contributed by atoms with Gasteiger partial charge in [0.1, 0.15) is 0 Å². The van der Waals surface area contributed by atoms with Crippen LogP contribution in [0, 0.1) is 6.92 Å². The van der Waals surface area contributed by atoms with Crippen LogP contribution in [0.5, 0.6) is 0 Å². The molecule has 6 rings (SSSR count). The Balaban J connectivity index is 1.20. The van der Waals surface area contributed by atoms with Gasteiger partial charge in [-0.1, -0.05) is 11.6 Å². The van der Waals surface area contributed by atoms with E-state index in [0.29, 0.717) is 30.2 Å². The maximum atomic E-state index is 10.1. The highest BCUT2D eigenvalue weighted by molar-refractivity contribution is 6.34. The zero-order valence-electron chi connectivity index (χ0n) is 18.6. The first-order valence-corrected chi connectivity index (χ1v) is 12.0. The van der Waals surface area contributed by atoms with Crippen LogP contribution >= 0.6 is 11.6 Å². The predicted molar refractivity (Wildman–Crippen MR) is 127 cm³/mol. The van der Waals surface area contributed by atoms with Crippen LogP contribution in [0.25, 0.3) is 10.9 Å². The minimum atomic E-state index is -0.400. The van der Waals surface area contributed by atoms with E-state index in [1.165, 1.54) is 12.8 Å². The van der Waals surface area contributed by atoms with E-state index in [1.807, 2.05) is 18.3 Å². The molecule has 2 atom stereocenters. The average molecular weight is 470 g/mol. The number of fused-ring (bicyclic) bond motifs is 1. The fourth-order valence-electron chi connectivity index (χ4n) is 4.87. The Bertz CT molecular complexity index is 1170. The molecule has 0 spiro atoms. The molecule has 174 valence electrons. The number of rotatable bonds is 5. The highest BCUT2D eigenvalue weighted by atomic mass is 35.5. The number of piperazine rings is 1. The number of ether oxygens (including phenoxy) is 1. The number of nitrogens with zero attached hydrogens (tertiary/aromatic N) is 6. The number of benzene rings is 1. The molecule has 4 heterocycles. The summed E-state index contributed by atoms with van der Waals surface area (Å²) in [5.41, 5.74) is 3.87. The van der Waals surface area contributed by atoms with Crippen molar-refractivity contribution in [3.8, 4) is 0 Å². The molecule has 1 aliphatic carbocycles. The molecule has 10 heteroatoms. The van der Waals surface area contributed by atoms with Crippen LogP contribution < -0.4 is 10.2 Å². The number of halogens is 1. The lowest BCUT2D eigenvalue weighted by atomic mass is 10.1. The van der Waals surface area contributed by atoms with Crippen LogP contribution in [0.4, 0.5) is 17.3 Å². The lowest BCUT2D eigenvalue weighted by Gasteiger charge is -2.39. The average Bonchev–Trinajstić information content (AvgIpc) is 3.47. The zero-order chi connectivity index (χ0) is 22.5. The SMILES string of the molecule is Cc1c(Nc2ncc3cc(Cl)c(N4CCN([C@H]5COC[C@H]5O)CC4)cc3n2)cnn1C1CC1. The number of aromatic nitrogens is 4. The van der Waals surface area contributed by atoms with E-state index in [4.69, 9.17) is 21.3 Å². The zero-order valence-corrected chi connectivity index (χ0v) is 19.4. The molecule has 2 saturated heterocycles. The molecule has 33 heavy (non-hydrogen) atoms. The van der Waals surface area contributed by atoms with Crippen molar-refractivity contribution >= 4 is 39.8 Å². The molecule has 1 saturated carbocycles. The highest BCUT2D eigenvalue weighted by Gasteiger charge is 2.33. The van der Waals surface area contributed by atoms with Crippen LogP contribution in [0.1, 0.15) is 24.6 Å². The fourth-order valence-corrected chi connectivity index (χ4v) is 5.16. The molecule has 1 aromatic carbocycles. The van der Waals surface area contributed by atoms with Gasteiger partial charge in [-0.2, -0.15) is 5.10 Å². The Hall–Kier alpha value is -2.46. The van der Waals surface area contributed by atoms with Crippen molar-refractivity contribution < 1.29 is 9.84 Å². The number of hydrogen-bond acceptors (Lipinski definition) is 8. The van der Waals surface area contributed by atoms with E-state index in [0.717, 1.165) is 54.2 Å². The van der Waals surface area contributed by atoms with Gasteiger partial charge in [0.2, 0.25) is 5.95 Å². The summed E-state index contributed by atoms with van der Waals surface area (Å²) in [6.45, 7) is 6.50. The van der Waals surface area contributed by atoms with Gasteiger partial charge in [-0.05, 0) is 31.9 Å². The molecule has 3 fully saturated rings. The van der Waals surface area contributed by atoms with Crippen molar-refractivity contribution in [3.05, 3.63) is 35.2 Å². The second-order valence-electron chi connectivity index (χ2n) is 9.20. The lowest BCUT2D eigenvalue weighted by molar-refractivity contribution is 0.0785. The van der Waals surface area contributed by atoms with Crippen LogP contribution in [-0.4, -0.2) is 81.3 Å². The van der Waals surface area contributed by atoms with Gasteiger partial charge in [0.05, 0.1) is 65.2 Å². The van der Waals surface area contributed by atoms with Crippen LogP contribution in [0.2, 0.25) is 5.02 Å². The number of nitrogens with one attached hydrogen (secondary N) is 1. The summed E-state index contributed by atoms with van der Waals surface area (Å²) < 4.78 is 7.51. The third-order valence-corrected chi connectivity index (χ3v) is 7.28. The van der Waals surface area contributed by atoms with Gasteiger partial charge in [-0.25, -0.2) is 9.97 Å². The third-order valence-electron chi connectivity index (χ3n) is 6.98. The second kappa shape index (κ2) is 8.39. The largest absolute Gasteiger partial charge is 0.389 e. The Morgan fingerprint density at radius 3 is 2.67 bits per heavy atom. The lowest BCUT2D eigenvalue weighted by Crippen LogP contribution is -2.53. The van der Waals surface area contributed by atoms with Crippen molar-refractivity contribution in [2.45, 2.75) is 38.0 Å². The van der Waals surface area contributed by atoms with E-state index in [9.17, 15) is 5.11 Å². The number of anilines is 3. The molecule has 0 bridgehead atoms. The minimum absolute atomic E-state index is 0.0910. The van der Waals surface area contributed by atoms with Crippen molar-refractivity contribution in [1.29, 1.82) is 0 Å². The predicted octanol–water partition coefficient (Wildman–Crippen LogP) is 2.75. The van der Waals surface area contributed by atoms with E-state index >= 15 is 0 Å². The fraction of sp³-hybridized carbons (Fsp3) is 0.522. The molecule has 0 radical (unpaired) electrons. The monoisotopic (exact) mass is 469 g/mol. The maximum Gasteiger partial charge on any atom is 0.227 e. The van der Waals surface area contributed by atoms with Gasteiger partial charge >= 0.3 is 0 Å².